The van der Waals surface area contributed by atoms with Crippen LogP contribution in [0.3, 0.4) is 0 Å². The third-order valence-electron chi connectivity index (χ3n) is 18.8. The Bertz CT molecular complexity index is 1560. The molecule has 10 nitrogen and oxygen atoms in total. The van der Waals surface area contributed by atoms with Gasteiger partial charge in [0.05, 0.1) is 65.1 Å². The fourth-order valence-electron chi connectivity index (χ4n) is 14.9. The van der Waals surface area contributed by atoms with Gasteiger partial charge in [0.15, 0.2) is 25.2 Å². The number of rotatable bonds is 22. The number of unbranched alkanes of at least 4 members (excludes halogenated alkanes) is 6. The predicted molar refractivity (Wildman–Crippen MR) is 278 cm³/mol. The van der Waals surface area contributed by atoms with Crippen molar-refractivity contribution in [2.24, 2.45) is 71.0 Å². The van der Waals surface area contributed by atoms with Gasteiger partial charge in [0.2, 0.25) is 0 Å². The molecule has 1 radical (unpaired) electrons. The van der Waals surface area contributed by atoms with E-state index in [1.54, 1.807) is 0 Å². The molecule has 4 heterocycles. The van der Waals surface area contributed by atoms with Gasteiger partial charge in [0.1, 0.15) is 0 Å². The number of hydrogen-bond acceptors (Lipinski definition) is 10. The molecule has 0 aromatic carbocycles. The minimum atomic E-state index is -0.177. The zero-order valence-corrected chi connectivity index (χ0v) is 49.2. The number of ether oxygens (including phenoxy) is 8. The Labute approximate surface area is 471 Å². The molecule has 4 saturated heterocycles. The quantitative estimate of drug-likeness (QED) is 0.0802. The van der Waals surface area contributed by atoms with E-state index in [-0.39, 0.29) is 81.4 Å². The Hall–Kier alpha value is 0.00156. The van der Waals surface area contributed by atoms with Crippen LogP contribution in [0, 0.1) is 115 Å². The molecule has 0 spiro atoms. The van der Waals surface area contributed by atoms with Crippen molar-refractivity contribution in [3.63, 3.8) is 0 Å². The second-order valence-electron chi connectivity index (χ2n) is 24.0. The summed E-state index contributed by atoms with van der Waals surface area (Å²) in [6, 6.07) is 0. The van der Waals surface area contributed by atoms with Crippen molar-refractivity contribution in [3.05, 3.63) is 48.6 Å². The average Bonchev–Trinajstić information content (AvgIpc) is 4.28. The topological polar surface area (TPSA) is 114 Å². The van der Waals surface area contributed by atoms with E-state index >= 15 is 0 Å². The van der Waals surface area contributed by atoms with Crippen LogP contribution in [-0.2, 0) is 37.9 Å². The van der Waals surface area contributed by atoms with Crippen LogP contribution in [0.25, 0.3) is 0 Å². The largest absolute Gasteiger partial charge is 0.393 e. The Morgan fingerprint density at radius 1 is 0.319 bits per heavy atom. The van der Waals surface area contributed by atoms with Gasteiger partial charge in [0.25, 0.3) is 0 Å². The third-order valence-corrected chi connectivity index (χ3v) is 18.8. The molecule has 12 aliphatic rings. The summed E-state index contributed by atoms with van der Waals surface area (Å²) in [6.07, 6.45) is 51.9. The van der Waals surface area contributed by atoms with Gasteiger partial charge in [0, 0.05) is 56.9 Å². The van der Waals surface area contributed by atoms with E-state index in [9.17, 15) is 10.2 Å². The van der Waals surface area contributed by atoms with Crippen LogP contribution in [0.2, 0.25) is 0 Å². The molecule has 405 valence electrons. The maximum atomic E-state index is 10.3. The average molecular weight is 1220 g/mol. The van der Waals surface area contributed by atoms with Crippen molar-refractivity contribution in [1.29, 1.82) is 0 Å². The summed E-state index contributed by atoms with van der Waals surface area (Å²) < 4.78 is 44.1. The number of aliphatic hydroxyl groups is 2. The van der Waals surface area contributed by atoms with Crippen LogP contribution in [0.4, 0.5) is 0 Å². The van der Waals surface area contributed by atoms with Crippen molar-refractivity contribution in [1.82, 2.24) is 0 Å². The molecule has 14 unspecified atom stereocenters. The van der Waals surface area contributed by atoms with Crippen LogP contribution in [0.5, 0.6) is 0 Å². The Morgan fingerprint density at radius 3 is 0.931 bits per heavy atom. The van der Waals surface area contributed by atoms with Crippen molar-refractivity contribution in [2.45, 2.75) is 211 Å². The smallest absolute Gasteiger partial charge is 0.157 e. The van der Waals surface area contributed by atoms with E-state index < -0.39 is 0 Å². The molecular weight excluding hydrogens is 1120 g/mol. The third kappa shape index (κ3) is 18.3. The fourth-order valence-corrected chi connectivity index (χ4v) is 14.9. The van der Waals surface area contributed by atoms with E-state index in [4.69, 9.17) is 37.9 Å². The van der Waals surface area contributed by atoms with E-state index in [0.29, 0.717) is 23.7 Å². The van der Waals surface area contributed by atoms with Gasteiger partial charge >= 0.3 is 0 Å². The first-order valence-electron chi connectivity index (χ1n) is 30.0. The number of aliphatic hydroxyl groups excluding tert-OH is 2. The van der Waals surface area contributed by atoms with Crippen LogP contribution < -0.4 is 0 Å². The minimum Gasteiger partial charge on any atom is -0.393 e. The van der Waals surface area contributed by atoms with Crippen molar-refractivity contribution in [2.75, 3.05) is 52.9 Å². The molecule has 2 N–H and O–H groups in total. The van der Waals surface area contributed by atoms with E-state index in [1.807, 2.05) is 0 Å². The van der Waals surface area contributed by atoms with Crippen molar-refractivity contribution < 1.29 is 92.2 Å². The standard InChI is InChI=1S/C17H28O2.C16H26O2.2C14H22O3.Ac/c1(2-4-7-17-18-10-5-11-19-17)3-6-15-12-14-8-9-16(15)13-14;1(2-4-6-16-17-9-10-18-16)3-5-14-11-13-7-8-15(14)12-13;2*15-13(4-5-14-16-6-1-7-17-14)12-9-10-2-3-11(12)8-10;/h8-9,14-17H,1-7,10-13H2;7-8,13-16H,1-6,9-12H2;2*2-3,10-15H,1,4-9H2;. The summed E-state index contributed by atoms with van der Waals surface area (Å²) in [4.78, 5) is 0. The summed E-state index contributed by atoms with van der Waals surface area (Å²) in [7, 11) is 0. The van der Waals surface area contributed by atoms with Gasteiger partial charge in [-0.05, 0) is 193 Å². The molecule has 0 aromatic heterocycles. The summed E-state index contributed by atoms with van der Waals surface area (Å²) in [5.41, 5.74) is 0. The van der Waals surface area contributed by atoms with Crippen molar-refractivity contribution >= 4 is 0 Å². The fraction of sp³-hybridized carbons (Fsp3) is 0.869. The normalized spacial score (nSPS) is 36.0. The summed E-state index contributed by atoms with van der Waals surface area (Å²) in [6.45, 7) is 6.58. The number of allylic oxidation sites excluding steroid dienone is 8. The Morgan fingerprint density at radius 2 is 0.625 bits per heavy atom. The van der Waals surface area contributed by atoms with Gasteiger partial charge in [-0.15, -0.1) is 0 Å². The minimum absolute atomic E-state index is 0. The molecule has 8 bridgehead atoms. The number of fused-ring (bicyclic) bond motifs is 8. The molecular formula is C61H98AcO10. The van der Waals surface area contributed by atoms with Gasteiger partial charge in [-0.1, -0.05) is 87.1 Å². The van der Waals surface area contributed by atoms with Crippen LogP contribution >= 0.6 is 0 Å². The molecule has 8 aliphatic carbocycles. The summed E-state index contributed by atoms with van der Waals surface area (Å²) >= 11 is 0. The Kier molecular flexibility index (Phi) is 25.5. The SMILES string of the molecule is C1=CC2CC1CC2CCCCCCC1OCCCO1.C1=CC2CC1CC2CCCCCCC1OCCO1.OC(CCC1OCCCO1)C1CC2C=CC1C2.OC(CCC1OCCCO1)C1CC2C=CC1C2.[Ac]. The first-order chi connectivity index (χ1) is 35.0. The molecule has 4 aliphatic heterocycles. The Balaban J connectivity index is 0.000000128. The van der Waals surface area contributed by atoms with E-state index in [2.05, 4.69) is 48.6 Å². The molecule has 4 saturated carbocycles. The first kappa shape index (κ1) is 58.2. The second-order valence-corrected chi connectivity index (χ2v) is 24.0. The second kappa shape index (κ2) is 31.6. The number of hydrogen-bond donors (Lipinski definition) is 2. The molecule has 0 amide bonds. The van der Waals surface area contributed by atoms with E-state index in [0.717, 1.165) is 158 Å². The van der Waals surface area contributed by atoms with Gasteiger partial charge in [-0.25, -0.2) is 0 Å². The van der Waals surface area contributed by atoms with Gasteiger partial charge in [-0.3, -0.25) is 0 Å². The summed E-state index contributed by atoms with van der Waals surface area (Å²) in [5.74, 6) is 9.48. The predicted octanol–water partition coefficient (Wildman–Crippen LogP) is 12.4. The molecule has 72 heavy (non-hydrogen) atoms. The van der Waals surface area contributed by atoms with Gasteiger partial charge in [-0.2, -0.15) is 0 Å². The summed E-state index contributed by atoms with van der Waals surface area (Å²) in [5, 5.41) is 20.5. The van der Waals surface area contributed by atoms with Crippen LogP contribution in [0.15, 0.2) is 48.6 Å². The molecule has 14 atom stereocenters. The van der Waals surface area contributed by atoms with Crippen LogP contribution in [-0.4, -0.2) is 100 Å². The van der Waals surface area contributed by atoms with Gasteiger partial charge < -0.3 is 48.1 Å². The molecule has 12 rings (SSSR count). The maximum absolute atomic E-state index is 10.3. The molecule has 0 aromatic rings. The zero-order valence-electron chi connectivity index (χ0n) is 44.5. The maximum Gasteiger partial charge on any atom is 0.157 e. The van der Waals surface area contributed by atoms with E-state index in [1.165, 1.54) is 116 Å². The first-order valence-corrected chi connectivity index (χ1v) is 30.0. The molecule has 8 fully saturated rings. The molecule has 11 heteroatoms. The monoisotopic (exact) mass is 1220 g/mol. The van der Waals surface area contributed by atoms with Crippen molar-refractivity contribution in [3.8, 4) is 0 Å². The van der Waals surface area contributed by atoms with Crippen LogP contribution in [0.1, 0.15) is 173 Å². The zero-order chi connectivity index (χ0) is 48.5.